The van der Waals surface area contributed by atoms with Gasteiger partial charge >= 0.3 is 6.03 Å². The number of carbonyl (C=O) groups excluding carboxylic acids is 3. The van der Waals surface area contributed by atoms with Gasteiger partial charge in [0.2, 0.25) is 5.91 Å². The lowest BCUT2D eigenvalue weighted by atomic mass is 9.87. The van der Waals surface area contributed by atoms with Gasteiger partial charge in [-0.1, -0.05) is 0 Å². The maximum absolute atomic E-state index is 13.3. The minimum absolute atomic E-state index is 0.110. The van der Waals surface area contributed by atoms with Crippen LogP contribution in [-0.4, -0.2) is 56.2 Å². The molecule has 2 saturated heterocycles. The number of anilines is 1. The molecule has 32 heavy (non-hydrogen) atoms. The molecule has 2 aromatic heterocycles. The van der Waals surface area contributed by atoms with Crippen LogP contribution in [0.25, 0.3) is 0 Å². The zero-order valence-corrected chi connectivity index (χ0v) is 19.6. The van der Waals surface area contributed by atoms with Crippen molar-refractivity contribution in [2.75, 3.05) is 18.4 Å². The zero-order valence-electron chi connectivity index (χ0n) is 18.8. The van der Waals surface area contributed by atoms with Crippen LogP contribution < -0.4 is 10.6 Å². The first-order valence-electron chi connectivity index (χ1n) is 10.7. The Morgan fingerprint density at radius 1 is 1.25 bits per heavy atom. The second-order valence-corrected chi connectivity index (χ2v) is 9.68. The van der Waals surface area contributed by atoms with E-state index in [9.17, 15) is 14.4 Å². The van der Waals surface area contributed by atoms with Crippen LogP contribution in [0, 0.1) is 13.8 Å². The molecule has 2 aromatic rings. The summed E-state index contributed by atoms with van der Waals surface area (Å²) in [6, 6.07) is 3.60. The fourth-order valence-electron chi connectivity index (χ4n) is 4.51. The van der Waals surface area contributed by atoms with Crippen molar-refractivity contribution in [3.8, 4) is 0 Å². The fourth-order valence-corrected chi connectivity index (χ4v) is 5.46. The van der Waals surface area contributed by atoms with Crippen LogP contribution >= 0.6 is 11.3 Å². The molecule has 9 nitrogen and oxygen atoms in total. The summed E-state index contributed by atoms with van der Waals surface area (Å²) in [5.41, 5.74) is 1.81. The molecule has 10 heteroatoms. The quantitative estimate of drug-likeness (QED) is 0.670. The summed E-state index contributed by atoms with van der Waals surface area (Å²) < 4.78 is 0. The van der Waals surface area contributed by atoms with Crippen LogP contribution in [0.15, 0.2) is 18.3 Å². The highest BCUT2D eigenvalue weighted by atomic mass is 32.1. The van der Waals surface area contributed by atoms with Crippen molar-refractivity contribution < 1.29 is 14.4 Å². The number of nitrogens with zero attached hydrogens (tertiary/aromatic N) is 4. The number of nitrogens with one attached hydrogen (secondary N) is 2. The number of piperidine rings is 1. The van der Waals surface area contributed by atoms with E-state index in [4.69, 9.17) is 0 Å². The third kappa shape index (κ3) is 4.37. The molecular weight excluding hydrogens is 428 g/mol. The van der Waals surface area contributed by atoms with E-state index < -0.39 is 5.54 Å². The fraction of sp³-hybridized carbons (Fsp3) is 0.500. The zero-order chi connectivity index (χ0) is 23.0. The van der Waals surface area contributed by atoms with Gasteiger partial charge in [-0.2, -0.15) is 0 Å². The molecule has 0 radical (unpaired) electrons. The first kappa shape index (κ1) is 22.3. The number of amides is 4. The summed E-state index contributed by atoms with van der Waals surface area (Å²) in [6.45, 7) is 8.99. The van der Waals surface area contributed by atoms with Gasteiger partial charge in [0.1, 0.15) is 5.54 Å². The predicted molar refractivity (Wildman–Crippen MR) is 121 cm³/mol. The molecule has 0 saturated carbocycles. The summed E-state index contributed by atoms with van der Waals surface area (Å²) in [6.07, 6.45) is 2.91. The third-order valence-electron chi connectivity index (χ3n) is 6.15. The van der Waals surface area contributed by atoms with E-state index in [1.165, 1.54) is 23.2 Å². The van der Waals surface area contributed by atoms with Crippen molar-refractivity contribution in [2.24, 2.45) is 0 Å². The van der Waals surface area contributed by atoms with E-state index in [1.807, 2.05) is 26.0 Å². The Bertz CT molecular complexity index is 1040. The number of hydrogen-bond donors (Lipinski definition) is 2. The number of imide groups is 1. The highest BCUT2D eigenvalue weighted by Gasteiger charge is 2.52. The molecule has 0 bridgehead atoms. The maximum atomic E-state index is 13.3. The van der Waals surface area contributed by atoms with E-state index in [1.54, 1.807) is 6.20 Å². The van der Waals surface area contributed by atoms with E-state index in [2.05, 4.69) is 32.4 Å². The van der Waals surface area contributed by atoms with Gasteiger partial charge in [0, 0.05) is 48.5 Å². The first-order valence-corrected chi connectivity index (χ1v) is 11.5. The van der Waals surface area contributed by atoms with Crippen molar-refractivity contribution in [1.82, 2.24) is 25.1 Å². The predicted octanol–water partition coefficient (Wildman–Crippen LogP) is 2.76. The molecule has 4 heterocycles. The van der Waals surface area contributed by atoms with Crippen LogP contribution in [0.2, 0.25) is 0 Å². The molecule has 170 valence electrons. The van der Waals surface area contributed by atoms with Crippen molar-refractivity contribution in [2.45, 2.75) is 58.7 Å². The van der Waals surface area contributed by atoms with Crippen LogP contribution in [0.1, 0.15) is 54.6 Å². The molecule has 0 aliphatic carbocycles. The largest absolute Gasteiger partial charge is 0.325 e. The Balaban J connectivity index is 1.41. The molecule has 0 aromatic carbocycles. The average molecular weight is 457 g/mol. The number of pyridine rings is 1. The standard InChI is InChI=1S/C22H28N6O3S/c1-13-9-17(10-14(2)24-13)12-28-19(30)22(26-21(28)31)5-7-27(8-6-22)15(3)18-11-23-20(32-18)25-16(4)29/h9-11,15H,5-8,12H2,1-4H3,(H,26,31)(H,23,25,29)/t15-/m0/s1. The van der Waals surface area contributed by atoms with Crippen LogP contribution in [0.3, 0.4) is 0 Å². The number of rotatable bonds is 5. The minimum atomic E-state index is -0.834. The highest BCUT2D eigenvalue weighted by Crippen LogP contribution is 2.35. The Morgan fingerprint density at radius 3 is 2.53 bits per heavy atom. The number of hydrogen-bond acceptors (Lipinski definition) is 7. The second-order valence-electron chi connectivity index (χ2n) is 8.62. The minimum Gasteiger partial charge on any atom is -0.323 e. The van der Waals surface area contributed by atoms with E-state index in [0.717, 1.165) is 21.8 Å². The summed E-state index contributed by atoms with van der Waals surface area (Å²) in [4.78, 5) is 50.5. The lowest BCUT2D eigenvalue weighted by Crippen LogP contribution is -2.55. The summed E-state index contributed by atoms with van der Waals surface area (Å²) in [5.74, 6) is -0.289. The van der Waals surface area contributed by atoms with Gasteiger partial charge in [0.05, 0.1) is 6.54 Å². The maximum Gasteiger partial charge on any atom is 0.325 e. The third-order valence-corrected chi connectivity index (χ3v) is 7.23. The first-order chi connectivity index (χ1) is 15.2. The van der Waals surface area contributed by atoms with Gasteiger partial charge in [0.15, 0.2) is 5.13 Å². The van der Waals surface area contributed by atoms with E-state index in [0.29, 0.717) is 31.1 Å². The smallest absolute Gasteiger partial charge is 0.323 e. The van der Waals surface area contributed by atoms with Gasteiger partial charge in [-0.05, 0) is 51.3 Å². The molecule has 1 spiro atoms. The van der Waals surface area contributed by atoms with Gasteiger partial charge < -0.3 is 10.6 Å². The molecular formula is C22H28N6O3S. The molecule has 4 rings (SSSR count). The Labute approximate surface area is 191 Å². The molecule has 2 N–H and O–H groups in total. The summed E-state index contributed by atoms with van der Waals surface area (Å²) in [7, 11) is 0. The molecule has 2 aliphatic heterocycles. The van der Waals surface area contributed by atoms with Crippen LogP contribution in [0.4, 0.5) is 9.93 Å². The van der Waals surface area contributed by atoms with E-state index >= 15 is 0 Å². The SMILES string of the molecule is CC(=O)Nc1ncc([C@H](C)N2CCC3(CC2)NC(=O)N(Cc2cc(C)nc(C)c2)C3=O)s1. The molecule has 4 amide bonds. The van der Waals surface area contributed by atoms with Gasteiger partial charge in [-0.25, -0.2) is 9.78 Å². The van der Waals surface area contributed by atoms with Crippen molar-refractivity contribution in [3.05, 3.63) is 40.2 Å². The van der Waals surface area contributed by atoms with Crippen molar-refractivity contribution in [1.29, 1.82) is 0 Å². The summed E-state index contributed by atoms with van der Waals surface area (Å²) >= 11 is 1.46. The summed E-state index contributed by atoms with van der Waals surface area (Å²) in [5, 5.41) is 6.28. The number of aromatic nitrogens is 2. The molecule has 1 atom stereocenters. The van der Waals surface area contributed by atoms with Gasteiger partial charge in [-0.3, -0.25) is 24.4 Å². The van der Waals surface area contributed by atoms with Crippen LogP contribution in [-0.2, 0) is 16.1 Å². The topological polar surface area (TPSA) is 108 Å². The Kier molecular flexibility index (Phi) is 6.00. The normalized spacial score (nSPS) is 19.3. The Hall–Kier alpha value is -2.85. The molecule has 2 aliphatic rings. The molecule has 0 unspecified atom stereocenters. The Morgan fingerprint density at radius 2 is 1.91 bits per heavy atom. The van der Waals surface area contributed by atoms with E-state index in [-0.39, 0.29) is 30.4 Å². The lowest BCUT2D eigenvalue weighted by molar-refractivity contribution is -0.133. The van der Waals surface area contributed by atoms with Gasteiger partial charge in [-0.15, -0.1) is 11.3 Å². The lowest BCUT2D eigenvalue weighted by Gasteiger charge is -2.39. The molecule has 2 fully saturated rings. The highest BCUT2D eigenvalue weighted by molar-refractivity contribution is 7.15. The van der Waals surface area contributed by atoms with Gasteiger partial charge in [0.25, 0.3) is 5.91 Å². The monoisotopic (exact) mass is 456 g/mol. The van der Waals surface area contributed by atoms with Crippen molar-refractivity contribution in [3.63, 3.8) is 0 Å². The number of likely N-dealkylation sites (tertiary alicyclic amines) is 1. The second kappa shape index (κ2) is 8.59. The van der Waals surface area contributed by atoms with Crippen LogP contribution in [0.5, 0.6) is 0 Å². The average Bonchev–Trinajstić information content (AvgIpc) is 3.26. The number of thiazole rings is 1. The number of urea groups is 1. The number of aryl methyl sites for hydroxylation is 2. The number of carbonyl (C=O) groups is 3. The van der Waals surface area contributed by atoms with Crippen molar-refractivity contribution >= 4 is 34.3 Å².